The zero-order valence-electron chi connectivity index (χ0n) is 11.3. The van der Waals surface area contributed by atoms with Crippen LogP contribution >= 0.6 is 0 Å². The maximum atomic E-state index is 5.69. The molecule has 1 atom stereocenters. The highest BCUT2D eigenvalue weighted by atomic mass is 16.5. The summed E-state index contributed by atoms with van der Waals surface area (Å²) in [7, 11) is 2.00. The van der Waals surface area contributed by atoms with Gasteiger partial charge in [0.25, 0.3) is 0 Å². The molecule has 0 fully saturated rings. The fourth-order valence-electron chi connectivity index (χ4n) is 1.94. The molecular formula is C15H25NO. The molecule has 1 unspecified atom stereocenters. The Labute approximate surface area is 105 Å². The molecular weight excluding hydrogens is 210 g/mol. The number of benzene rings is 1. The van der Waals surface area contributed by atoms with Gasteiger partial charge in [-0.3, -0.25) is 0 Å². The highest BCUT2D eigenvalue weighted by Gasteiger charge is 2.05. The van der Waals surface area contributed by atoms with E-state index >= 15 is 0 Å². The van der Waals surface area contributed by atoms with Crippen molar-refractivity contribution in [3.8, 4) is 5.75 Å². The molecule has 0 spiro atoms. The second-order valence-electron chi connectivity index (χ2n) is 4.37. The van der Waals surface area contributed by atoms with Crippen LogP contribution in [-0.4, -0.2) is 13.7 Å². The van der Waals surface area contributed by atoms with Crippen molar-refractivity contribution in [2.45, 2.75) is 45.6 Å². The van der Waals surface area contributed by atoms with Gasteiger partial charge in [-0.15, -0.1) is 0 Å². The van der Waals surface area contributed by atoms with Crippen molar-refractivity contribution in [2.75, 3.05) is 13.7 Å². The predicted octanol–water partition coefficient (Wildman–Crippen LogP) is 3.93. The molecule has 0 aliphatic carbocycles. The Hall–Kier alpha value is -1.02. The molecule has 0 radical (unpaired) electrons. The van der Waals surface area contributed by atoms with Gasteiger partial charge < -0.3 is 10.1 Å². The zero-order chi connectivity index (χ0) is 12.5. The first-order valence-electron chi connectivity index (χ1n) is 6.71. The Bertz CT molecular complexity index is 290. The summed E-state index contributed by atoms with van der Waals surface area (Å²) in [6.07, 6.45) is 4.73. The molecule has 1 N–H and O–H groups in total. The van der Waals surface area contributed by atoms with Gasteiger partial charge in [-0.1, -0.05) is 38.8 Å². The molecule has 0 amide bonds. The third kappa shape index (κ3) is 4.78. The summed E-state index contributed by atoms with van der Waals surface area (Å²) in [5.41, 5.74) is 1.33. The highest BCUT2D eigenvalue weighted by molar-refractivity contribution is 5.29. The number of hydrogen-bond acceptors (Lipinski definition) is 2. The largest absolute Gasteiger partial charge is 0.494 e. The predicted molar refractivity (Wildman–Crippen MR) is 73.6 cm³/mol. The first-order chi connectivity index (χ1) is 8.31. The molecule has 1 aromatic carbocycles. The van der Waals surface area contributed by atoms with Crippen LogP contribution in [0.5, 0.6) is 5.75 Å². The molecule has 1 aromatic rings. The molecule has 0 bridgehead atoms. The van der Waals surface area contributed by atoms with Gasteiger partial charge in [0.2, 0.25) is 0 Å². The lowest BCUT2D eigenvalue weighted by Gasteiger charge is -2.14. The minimum atomic E-state index is 0.448. The van der Waals surface area contributed by atoms with E-state index in [0.29, 0.717) is 6.04 Å². The molecule has 2 heteroatoms. The number of rotatable bonds is 8. The van der Waals surface area contributed by atoms with E-state index in [0.717, 1.165) is 25.2 Å². The van der Waals surface area contributed by atoms with E-state index in [2.05, 4.69) is 43.4 Å². The lowest BCUT2D eigenvalue weighted by molar-refractivity contribution is 0.306. The van der Waals surface area contributed by atoms with Crippen molar-refractivity contribution in [1.82, 2.24) is 5.32 Å². The van der Waals surface area contributed by atoms with E-state index in [-0.39, 0.29) is 0 Å². The summed E-state index contributed by atoms with van der Waals surface area (Å²) in [5.74, 6) is 0.982. The Balaban J connectivity index is 2.44. The van der Waals surface area contributed by atoms with E-state index in [4.69, 9.17) is 4.74 Å². The maximum absolute atomic E-state index is 5.69. The van der Waals surface area contributed by atoms with Crippen LogP contribution in [0.25, 0.3) is 0 Å². The van der Waals surface area contributed by atoms with Gasteiger partial charge in [0.1, 0.15) is 5.75 Å². The molecule has 0 aliphatic rings. The Morgan fingerprint density at radius 1 is 1.12 bits per heavy atom. The van der Waals surface area contributed by atoms with Crippen LogP contribution in [0, 0.1) is 0 Å². The standard InChI is InChI=1S/C15H25NO/c1-4-6-7-12-17-14-10-8-13(9-11-14)15(5-2)16-3/h8-11,15-16H,4-7,12H2,1-3H3. The van der Waals surface area contributed by atoms with Crippen LogP contribution in [0.1, 0.15) is 51.1 Å². The van der Waals surface area contributed by atoms with E-state index in [1.165, 1.54) is 18.4 Å². The molecule has 0 saturated carbocycles. The minimum absolute atomic E-state index is 0.448. The molecule has 0 saturated heterocycles. The highest BCUT2D eigenvalue weighted by Crippen LogP contribution is 2.19. The summed E-state index contributed by atoms with van der Waals surface area (Å²) >= 11 is 0. The lowest BCUT2D eigenvalue weighted by atomic mass is 10.0. The Morgan fingerprint density at radius 2 is 1.82 bits per heavy atom. The van der Waals surface area contributed by atoms with Gasteiger partial charge in [-0.2, -0.15) is 0 Å². The molecule has 2 nitrogen and oxygen atoms in total. The van der Waals surface area contributed by atoms with Crippen LogP contribution in [-0.2, 0) is 0 Å². The Morgan fingerprint density at radius 3 is 2.35 bits per heavy atom. The first kappa shape index (κ1) is 14.0. The van der Waals surface area contributed by atoms with Crippen LogP contribution in [0.15, 0.2) is 24.3 Å². The molecule has 0 heterocycles. The number of unbranched alkanes of at least 4 members (excludes halogenated alkanes) is 2. The summed E-state index contributed by atoms with van der Waals surface area (Å²) in [4.78, 5) is 0. The smallest absolute Gasteiger partial charge is 0.119 e. The van der Waals surface area contributed by atoms with Gasteiger partial charge >= 0.3 is 0 Å². The van der Waals surface area contributed by atoms with Crippen molar-refractivity contribution in [2.24, 2.45) is 0 Å². The van der Waals surface area contributed by atoms with Crippen molar-refractivity contribution < 1.29 is 4.74 Å². The van der Waals surface area contributed by atoms with Crippen LogP contribution in [0.4, 0.5) is 0 Å². The molecule has 1 rings (SSSR count). The van der Waals surface area contributed by atoms with Crippen LogP contribution in [0.2, 0.25) is 0 Å². The van der Waals surface area contributed by atoms with Crippen molar-refractivity contribution in [1.29, 1.82) is 0 Å². The van der Waals surface area contributed by atoms with Gasteiger partial charge in [-0.25, -0.2) is 0 Å². The monoisotopic (exact) mass is 235 g/mol. The Kier molecular flexibility index (Phi) is 6.71. The molecule has 17 heavy (non-hydrogen) atoms. The minimum Gasteiger partial charge on any atom is -0.494 e. The normalized spacial score (nSPS) is 12.4. The number of ether oxygens (including phenoxy) is 1. The van der Waals surface area contributed by atoms with Gasteiger partial charge in [0, 0.05) is 6.04 Å². The van der Waals surface area contributed by atoms with Crippen LogP contribution < -0.4 is 10.1 Å². The van der Waals surface area contributed by atoms with Crippen molar-refractivity contribution in [3.63, 3.8) is 0 Å². The summed E-state index contributed by atoms with van der Waals surface area (Å²) in [6.45, 7) is 5.23. The topological polar surface area (TPSA) is 21.3 Å². The summed E-state index contributed by atoms with van der Waals surface area (Å²) < 4.78 is 5.69. The fourth-order valence-corrected chi connectivity index (χ4v) is 1.94. The van der Waals surface area contributed by atoms with Gasteiger partial charge in [0.15, 0.2) is 0 Å². The van der Waals surface area contributed by atoms with Crippen molar-refractivity contribution >= 4 is 0 Å². The molecule has 0 aromatic heterocycles. The van der Waals surface area contributed by atoms with E-state index < -0.39 is 0 Å². The molecule has 0 aliphatic heterocycles. The average molecular weight is 235 g/mol. The quantitative estimate of drug-likeness (QED) is 0.689. The van der Waals surface area contributed by atoms with Crippen molar-refractivity contribution in [3.05, 3.63) is 29.8 Å². The third-order valence-electron chi connectivity index (χ3n) is 3.06. The average Bonchev–Trinajstić information content (AvgIpc) is 2.38. The second kappa shape index (κ2) is 8.13. The third-order valence-corrected chi connectivity index (χ3v) is 3.06. The number of nitrogens with one attached hydrogen (secondary N) is 1. The second-order valence-corrected chi connectivity index (χ2v) is 4.37. The van der Waals surface area contributed by atoms with E-state index in [1.807, 2.05) is 7.05 Å². The zero-order valence-corrected chi connectivity index (χ0v) is 11.3. The summed E-state index contributed by atoms with van der Waals surface area (Å²) in [5, 5.41) is 3.31. The number of hydrogen-bond donors (Lipinski definition) is 1. The molecule has 96 valence electrons. The maximum Gasteiger partial charge on any atom is 0.119 e. The van der Waals surface area contributed by atoms with Gasteiger partial charge in [-0.05, 0) is 37.6 Å². The summed E-state index contributed by atoms with van der Waals surface area (Å²) in [6, 6.07) is 8.89. The van der Waals surface area contributed by atoms with Crippen LogP contribution in [0.3, 0.4) is 0 Å². The van der Waals surface area contributed by atoms with E-state index in [9.17, 15) is 0 Å². The van der Waals surface area contributed by atoms with E-state index in [1.54, 1.807) is 0 Å². The van der Waals surface area contributed by atoms with Gasteiger partial charge in [0.05, 0.1) is 6.61 Å². The first-order valence-corrected chi connectivity index (χ1v) is 6.71. The SMILES string of the molecule is CCCCCOc1ccc(C(CC)NC)cc1. The fraction of sp³-hybridized carbons (Fsp3) is 0.600. The lowest BCUT2D eigenvalue weighted by Crippen LogP contribution is -2.14.